The first-order chi connectivity index (χ1) is 8.17. The maximum Gasteiger partial charge on any atom is 0.242 e. The Labute approximate surface area is 103 Å². The number of rotatable bonds is 5. The zero-order valence-corrected chi connectivity index (χ0v) is 10.5. The molecule has 0 bridgehead atoms. The van der Waals surface area contributed by atoms with Gasteiger partial charge in [-0.3, -0.25) is 4.79 Å². The lowest BCUT2D eigenvalue weighted by Crippen LogP contribution is -2.57. The van der Waals surface area contributed by atoms with E-state index < -0.39 is 5.54 Å². The average molecular weight is 240 g/mol. The van der Waals surface area contributed by atoms with Crippen molar-refractivity contribution < 1.29 is 9.90 Å². The van der Waals surface area contributed by atoms with Gasteiger partial charge >= 0.3 is 0 Å². The zero-order chi connectivity index (χ0) is 12.3. The summed E-state index contributed by atoms with van der Waals surface area (Å²) in [4.78, 5) is 14.5. The van der Waals surface area contributed by atoms with Crippen LogP contribution < -0.4 is 5.73 Å². The van der Waals surface area contributed by atoms with Gasteiger partial charge in [0, 0.05) is 19.2 Å². The van der Waals surface area contributed by atoms with E-state index >= 15 is 0 Å². The van der Waals surface area contributed by atoms with Crippen molar-refractivity contribution in [2.24, 2.45) is 5.73 Å². The molecule has 0 aliphatic heterocycles. The maximum absolute atomic E-state index is 12.5. The molecule has 1 amide bonds. The summed E-state index contributed by atoms with van der Waals surface area (Å²) in [5.41, 5.74) is 5.63. The van der Waals surface area contributed by atoms with Gasteiger partial charge in [0.15, 0.2) is 0 Å². The minimum absolute atomic E-state index is 0.133. The second kappa shape index (κ2) is 5.36. The molecular formula is C13H24N2O2. The Kier molecular flexibility index (Phi) is 4.05. The highest BCUT2D eigenvalue weighted by Crippen LogP contribution is 2.33. The molecular weight excluding hydrogens is 216 g/mol. The van der Waals surface area contributed by atoms with Gasteiger partial charge in [0.1, 0.15) is 0 Å². The Morgan fingerprint density at radius 3 is 2.41 bits per heavy atom. The van der Waals surface area contributed by atoms with Crippen molar-refractivity contribution in [3.8, 4) is 0 Å². The predicted molar refractivity (Wildman–Crippen MR) is 66.4 cm³/mol. The Morgan fingerprint density at radius 1 is 1.29 bits per heavy atom. The van der Waals surface area contributed by atoms with Crippen LogP contribution in [0, 0.1) is 0 Å². The van der Waals surface area contributed by atoms with Crippen molar-refractivity contribution in [1.82, 2.24) is 4.90 Å². The molecule has 17 heavy (non-hydrogen) atoms. The van der Waals surface area contributed by atoms with Crippen molar-refractivity contribution in [2.75, 3.05) is 13.2 Å². The summed E-state index contributed by atoms with van der Waals surface area (Å²) in [6, 6.07) is 0.384. The minimum Gasteiger partial charge on any atom is -0.396 e. The summed E-state index contributed by atoms with van der Waals surface area (Å²) in [5, 5.41) is 8.93. The largest absolute Gasteiger partial charge is 0.396 e. The number of nitrogens with two attached hydrogens (primary N) is 1. The molecule has 0 saturated heterocycles. The van der Waals surface area contributed by atoms with Gasteiger partial charge in [-0.1, -0.05) is 12.8 Å². The third-order valence-electron chi connectivity index (χ3n) is 4.26. The summed E-state index contributed by atoms with van der Waals surface area (Å²) >= 11 is 0. The summed E-state index contributed by atoms with van der Waals surface area (Å²) in [7, 11) is 0. The molecule has 0 heterocycles. The molecule has 0 radical (unpaired) electrons. The van der Waals surface area contributed by atoms with Gasteiger partial charge in [0.25, 0.3) is 0 Å². The van der Waals surface area contributed by atoms with E-state index in [1.54, 1.807) is 0 Å². The van der Waals surface area contributed by atoms with E-state index in [2.05, 4.69) is 0 Å². The van der Waals surface area contributed by atoms with Crippen molar-refractivity contribution in [3.05, 3.63) is 0 Å². The lowest BCUT2D eigenvalue weighted by molar-refractivity contribution is -0.141. The Hall–Kier alpha value is -0.610. The molecule has 2 rings (SSSR count). The fraction of sp³-hybridized carbons (Fsp3) is 0.923. The number of hydrogen-bond donors (Lipinski definition) is 2. The molecule has 0 aromatic heterocycles. The standard InChI is InChI=1S/C13H24N2O2/c14-13(7-1-2-8-13)12(17)15(9-4-10-16)11-5-3-6-11/h11,16H,1-10,14H2. The number of nitrogens with zero attached hydrogens (tertiary/aromatic N) is 1. The SMILES string of the molecule is NC1(C(=O)N(CCCO)C2CCC2)CCCC1. The fourth-order valence-electron chi connectivity index (χ4n) is 2.90. The van der Waals surface area contributed by atoms with Crippen molar-refractivity contribution in [2.45, 2.75) is 62.9 Å². The molecule has 0 unspecified atom stereocenters. The van der Waals surface area contributed by atoms with Gasteiger partial charge in [0.05, 0.1) is 5.54 Å². The van der Waals surface area contributed by atoms with Gasteiger partial charge in [-0.15, -0.1) is 0 Å². The first-order valence-electron chi connectivity index (χ1n) is 6.88. The van der Waals surface area contributed by atoms with E-state index in [-0.39, 0.29) is 12.5 Å². The lowest BCUT2D eigenvalue weighted by atomic mass is 9.88. The molecule has 0 aromatic rings. The Bertz CT molecular complexity index is 271. The quantitative estimate of drug-likeness (QED) is 0.754. The van der Waals surface area contributed by atoms with Crippen molar-refractivity contribution in [1.29, 1.82) is 0 Å². The molecule has 3 N–H and O–H groups in total. The molecule has 4 heteroatoms. The number of carbonyl (C=O) groups is 1. The highest BCUT2D eigenvalue weighted by atomic mass is 16.3. The minimum atomic E-state index is -0.606. The number of carbonyl (C=O) groups excluding carboxylic acids is 1. The topological polar surface area (TPSA) is 66.6 Å². The van der Waals surface area contributed by atoms with Crippen LogP contribution in [0.1, 0.15) is 51.4 Å². The average Bonchev–Trinajstić information content (AvgIpc) is 2.69. The number of aliphatic hydroxyl groups is 1. The van der Waals surface area contributed by atoms with Crippen LogP contribution in [0.2, 0.25) is 0 Å². The molecule has 2 saturated carbocycles. The van der Waals surface area contributed by atoms with E-state index in [1.165, 1.54) is 6.42 Å². The molecule has 2 aliphatic carbocycles. The number of hydrogen-bond acceptors (Lipinski definition) is 3. The molecule has 2 aliphatic rings. The fourth-order valence-corrected chi connectivity index (χ4v) is 2.90. The van der Waals surface area contributed by atoms with Crippen molar-refractivity contribution >= 4 is 5.91 Å². The van der Waals surface area contributed by atoms with Gasteiger partial charge in [-0.05, 0) is 38.5 Å². The Morgan fingerprint density at radius 2 is 1.94 bits per heavy atom. The highest BCUT2D eigenvalue weighted by Gasteiger charge is 2.42. The molecule has 0 atom stereocenters. The van der Waals surface area contributed by atoms with E-state index in [4.69, 9.17) is 10.8 Å². The van der Waals surface area contributed by atoms with Crippen LogP contribution in [0.5, 0.6) is 0 Å². The van der Waals surface area contributed by atoms with E-state index in [9.17, 15) is 4.79 Å². The van der Waals surface area contributed by atoms with Gasteiger partial charge in [-0.2, -0.15) is 0 Å². The smallest absolute Gasteiger partial charge is 0.242 e. The van der Waals surface area contributed by atoms with Crippen LogP contribution in [0.4, 0.5) is 0 Å². The first-order valence-corrected chi connectivity index (χ1v) is 6.88. The van der Waals surface area contributed by atoms with Gasteiger partial charge in [-0.25, -0.2) is 0 Å². The van der Waals surface area contributed by atoms with E-state index in [1.807, 2.05) is 4.90 Å². The van der Waals surface area contributed by atoms with Crippen LogP contribution in [-0.4, -0.2) is 40.6 Å². The van der Waals surface area contributed by atoms with Crippen LogP contribution >= 0.6 is 0 Å². The number of amides is 1. The highest BCUT2D eigenvalue weighted by molar-refractivity contribution is 5.86. The molecule has 2 fully saturated rings. The molecule has 4 nitrogen and oxygen atoms in total. The third-order valence-corrected chi connectivity index (χ3v) is 4.26. The second-order valence-electron chi connectivity index (χ2n) is 5.52. The monoisotopic (exact) mass is 240 g/mol. The van der Waals surface area contributed by atoms with E-state index in [0.717, 1.165) is 38.5 Å². The van der Waals surface area contributed by atoms with Crippen molar-refractivity contribution in [3.63, 3.8) is 0 Å². The lowest BCUT2D eigenvalue weighted by Gasteiger charge is -2.41. The predicted octanol–water partition coefficient (Wildman–Crippen LogP) is 1.02. The molecule has 0 aromatic carbocycles. The number of aliphatic hydroxyl groups excluding tert-OH is 1. The summed E-state index contributed by atoms with van der Waals surface area (Å²) in [6.45, 7) is 0.813. The Balaban J connectivity index is 2.00. The second-order valence-corrected chi connectivity index (χ2v) is 5.52. The molecule has 98 valence electrons. The van der Waals surface area contributed by atoms with Crippen LogP contribution in [0.25, 0.3) is 0 Å². The summed E-state index contributed by atoms with van der Waals surface area (Å²) in [5.74, 6) is 0.133. The first kappa shape index (κ1) is 12.8. The van der Waals surface area contributed by atoms with Gasteiger partial charge in [0.2, 0.25) is 5.91 Å². The summed E-state index contributed by atoms with van der Waals surface area (Å²) < 4.78 is 0. The summed E-state index contributed by atoms with van der Waals surface area (Å²) in [6.07, 6.45) is 7.88. The van der Waals surface area contributed by atoms with Gasteiger partial charge < -0.3 is 15.7 Å². The maximum atomic E-state index is 12.5. The zero-order valence-electron chi connectivity index (χ0n) is 10.5. The third kappa shape index (κ3) is 2.63. The van der Waals surface area contributed by atoms with E-state index in [0.29, 0.717) is 19.0 Å². The van der Waals surface area contributed by atoms with Crippen LogP contribution in [0.3, 0.4) is 0 Å². The molecule has 0 spiro atoms. The van der Waals surface area contributed by atoms with Crippen LogP contribution in [-0.2, 0) is 4.79 Å². The normalized spacial score (nSPS) is 23.4. The van der Waals surface area contributed by atoms with Crippen LogP contribution in [0.15, 0.2) is 0 Å².